The molecular formula is C18H26N4. The molecule has 22 heavy (non-hydrogen) atoms. The van der Waals surface area contributed by atoms with E-state index in [1.165, 1.54) is 0 Å². The maximum absolute atomic E-state index is 4.71. The Hall–Kier alpha value is -1.97. The van der Waals surface area contributed by atoms with Gasteiger partial charge in [0.1, 0.15) is 11.6 Å². The summed E-state index contributed by atoms with van der Waals surface area (Å²) in [6, 6.07) is 8.10. The van der Waals surface area contributed by atoms with Gasteiger partial charge in [0.15, 0.2) is 0 Å². The van der Waals surface area contributed by atoms with Crippen LogP contribution in [0.2, 0.25) is 0 Å². The van der Waals surface area contributed by atoms with Crippen molar-refractivity contribution in [3.05, 3.63) is 47.2 Å². The van der Waals surface area contributed by atoms with Gasteiger partial charge in [0.2, 0.25) is 0 Å². The summed E-state index contributed by atoms with van der Waals surface area (Å²) in [5, 5.41) is 3.38. The number of nitrogens with zero attached hydrogens (tertiary/aromatic N) is 3. The molecule has 0 amide bonds. The summed E-state index contributed by atoms with van der Waals surface area (Å²) in [5.74, 6) is 2.05. The lowest BCUT2D eigenvalue weighted by Gasteiger charge is -2.20. The fourth-order valence-electron chi connectivity index (χ4n) is 2.08. The lowest BCUT2D eigenvalue weighted by atomic mass is 9.91. The summed E-state index contributed by atoms with van der Waals surface area (Å²) in [7, 11) is 0. The minimum Gasteiger partial charge on any atom is -0.364 e. The lowest BCUT2D eigenvalue weighted by Crippen LogP contribution is -2.17. The molecule has 0 unspecified atom stereocenters. The molecule has 0 atom stereocenters. The van der Waals surface area contributed by atoms with Crippen molar-refractivity contribution in [2.24, 2.45) is 0 Å². The Labute approximate surface area is 133 Å². The van der Waals surface area contributed by atoms with Crippen LogP contribution in [0, 0.1) is 6.92 Å². The number of nitrogens with one attached hydrogen (secondary N) is 1. The van der Waals surface area contributed by atoms with Crippen molar-refractivity contribution in [2.75, 3.05) is 5.32 Å². The number of anilines is 1. The van der Waals surface area contributed by atoms with E-state index in [4.69, 9.17) is 4.98 Å². The van der Waals surface area contributed by atoms with E-state index in [1.807, 2.05) is 31.2 Å². The van der Waals surface area contributed by atoms with Gasteiger partial charge in [0.05, 0.1) is 17.9 Å². The van der Waals surface area contributed by atoms with E-state index in [2.05, 4.69) is 49.9 Å². The number of hydrogen-bond donors (Lipinski definition) is 1. The topological polar surface area (TPSA) is 50.7 Å². The van der Waals surface area contributed by atoms with Gasteiger partial charge in [-0.3, -0.25) is 4.98 Å². The summed E-state index contributed by atoms with van der Waals surface area (Å²) < 4.78 is 0. The first-order valence-corrected chi connectivity index (χ1v) is 7.81. The largest absolute Gasteiger partial charge is 0.364 e. The summed E-state index contributed by atoms with van der Waals surface area (Å²) in [4.78, 5) is 13.9. The highest BCUT2D eigenvalue weighted by Crippen LogP contribution is 2.24. The van der Waals surface area contributed by atoms with Gasteiger partial charge < -0.3 is 5.32 Å². The van der Waals surface area contributed by atoms with Crippen LogP contribution >= 0.6 is 0 Å². The molecule has 2 aromatic heterocycles. The zero-order chi connectivity index (χ0) is 16.3. The summed E-state index contributed by atoms with van der Waals surface area (Å²) in [6.45, 7) is 13.4. The standard InChI is InChI=1S/C18H26N4/c1-12(2)17-21-15(18(4,5)6)10-16(22-17)19-11-14-9-7-8-13(3)20-14/h7-10,12H,11H2,1-6H3,(H,19,21,22). The van der Waals surface area contributed by atoms with E-state index >= 15 is 0 Å². The van der Waals surface area contributed by atoms with Crippen LogP contribution in [0.25, 0.3) is 0 Å². The Bertz CT molecular complexity index is 642. The molecule has 0 aliphatic heterocycles. The van der Waals surface area contributed by atoms with Crippen molar-refractivity contribution in [1.29, 1.82) is 0 Å². The molecule has 0 saturated heterocycles. The Kier molecular flexibility index (Phi) is 4.79. The van der Waals surface area contributed by atoms with Gasteiger partial charge in [-0.2, -0.15) is 0 Å². The van der Waals surface area contributed by atoms with Crippen LogP contribution in [-0.4, -0.2) is 15.0 Å². The summed E-state index contributed by atoms with van der Waals surface area (Å²) in [5.41, 5.74) is 3.11. The van der Waals surface area contributed by atoms with E-state index in [-0.39, 0.29) is 5.41 Å². The Morgan fingerprint density at radius 3 is 2.41 bits per heavy atom. The van der Waals surface area contributed by atoms with Crippen LogP contribution in [0.3, 0.4) is 0 Å². The zero-order valence-electron chi connectivity index (χ0n) is 14.4. The average Bonchev–Trinajstić information content (AvgIpc) is 2.44. The van der Waals surface area contributed by atoms with Crippen LogP contribution in [0.5, 0.6) is 0 Å². The molecule has 2 rings (SSSR count). The van der Waals surface area contributed by atoms with Crippen molar-refractivity contribution < 1.29 is 0 Å². The predicted molar refractivity (Wildman–Crippen MR) is 91.1 cm³/mol. The van der Waals surface area contributed by atoms with Crippen molar-refractivity contribution in [2.45, 2.75) is 59.4 Å². The maximum Gasteiger partial charge on any atom is 0.133 e. The van der Waals surface area contributed by atoms with Crippen LogP contribution in [0.4, 0.5) is 5.82 Å². The van der Waals surface area contributed by atoms with E-state index in [0.717, 1.165) is 28.7 Å². The number of pyridine rings is 1. The summed E-state index contributed by atoms with van der Waals surface area (Å²) in [6.07, 6.45) is 0. The van der Waals surface area contributed by atoms with Crippen molar-refractivity contribution in [1.82, 2.24) is 15.0 Å². The molecule has 0 spiro atoms. The molecule has 2 heterocycles. The smallest absolute Gasteiger partial charge is 0.133 e. The molecular weight excluding hydrogens is 272 g/mol. The number of aryl methyl sites for hydroxylation is 1. The Morgan fingerprint density at radius 1 is 1.09 bits per heavy atom. The molecule has 0 aliphatic rings. The minimum absolute atomic E-state index is 0.00456. The molecule has 0 radical (unpaired) electrons. The van der Waals surface area contributed by atoms with E-state index in [9.17, 15) is 0 Å². The normalized spacial score (nSPS) is 11.8. The highest BCUT2D eigenvalue weighted by Gasteiger charge is 2.19. The van der Waals surface area contributed by atoms with Crippen LogP contribution in [0.1, 0.15) is 63.4 Å². The Balaban J connectivity index is 2.24. The van der Waals surface area contributed by atoms with Crippen LogP contribution < -0.4 is 5.32 Å². The first-order chi connectivity index (χ1) is 10.3. The summed E-state index contributed by atoms with van der Waals surface area (Å²) >= 11 is 0. The van der Waals surface area contributed by atoms with Gasteiger partial charge in [0.25, 0.3) is 0 Å². The van der Waals surface area contributed by atoms with Crippen LogP contribution in [0.15, 0.2) is 24.3 Å². The first-order valence-electron chi connectivity index (χ1n) is 7.81. The second kappa shape index (κ2) is 6.42. The molecule has 0 fully saturated rings. The third-order valence-electron chi connectivity index (χ3n) is 3.42. The predicted octanol–water partition coefficient (Wildman–Crippen LogP) is 4.21. The highest BCUT2D eigenvalue weighted by molar-refractivity contribution is 5.39. The van der Waals surface area contributed by atoms with Gasteiger partial charge in [-0.15, -0.1) is 0 Å². The van der Waals surface area contributed by atoms with Gasteiger partial charge >= 0.3 is 0 Å². The number of hydrogen-bond acceptors (Lipinski definition) is 4. The van der Waals surface area contributed by atoms with Crippen molar-refractivity contribution >= 4 is 5.82 Å². The van der Waals surface area contributed by atoms with Gasteiger partial charge in [-0.1, -0.05) is 40.7 Å². The second-order valence-corrected chi connectivity index (χ2v) is 7.03. The number of aromatic nitrogens is 3. The minimum atomic E-state index is 0.00456. The Morgan fingerprint density at radius 2 is 1.82 bits per heavy atom. The van der Waals surface area contributed by atoms with Gasteiger partial charge in [-0.05, 0) is 19.1 Å². The second-order valence-electron chi connectivity index (χ2n) is 7.03. The SMILES string of the molecule is Cc1cccc(CNc2cc(C(C)(C)C)nc(C(C)C)n2)n1. The zero-order valence-corrected chi connectivity index (χ0v) is 14.4. The average molecular weight is 298 g/mol. The molecule has 4 heteroatoms. The number of rotatable bonds is 4. The van der Waals surface area contributed by atoms with Gasteiger partial charge in [0, 0.05) is 23.1 Å². The molecule has 1 N–H and O–H groups in total. The van der Waals surface area contributed by atoms with E-state index in [1.54, 1.807) is 0 Å². The molecule has 2 aromatic rings. The molecule has 0 bridgehead atoms. The van der Waals surface area contributed by atoms with Crippen LogP contribution in [-0.2, 0) is 12.0 Å². The fourth-order valence-corrected chi connectivity index (χ4v) is 2.08. The highest BCUT2D eigenvalue weighted by atomic mass is 15.0. The molecule has 0 aliphatic carbocycles. The first kappa shape index (κ1) is 16.4. The molecule has 0 saturated carbocycles. The molecule has 4 nitrogen and oxygen atoms in total. The third-order valence-corrected chi connectivity index (χ3v) is 3.42. The maximum atomic E-state index is 4.71. The van der Waals surface area contributed by atoms with E-state index in [0.29, 0.717) is 12.5 Å². The molecule has 0 aromatic carbocycles. The fraction of sp³-hybridized carbons (Fsp3) is 0.500. The van der Waals surface area contributed by atoms with Gasteiger partial charge in [-0.25, -0.2) is 9.97 Å². The third kappa shape index (κ3) is 4.26. The quantitative estimate of drug-likeness (QED) is 0.918. The van der Waals surface area contributed by atoms with Crippen molar-refractivity contribution in [3.8, 4) is 0 Å². The molecule has 118 valence electrons. The monoisotopic (exact) mass is 298 g/mol. The van der Waals surface area contributed by atoms with Crippen molar-refractivity contribution in [3.63, 3.8) is 0 Å². The van der Waals surface area contributed by atoms with E-state index < -0.39 is 0 Å². The lowest BCUT2D eigenvalue weighted by molar-refractivity contribution is 0.558.